The number of hydrogen-bond acceptors (Lipinski definition) is 4. The number of sulfonamides is 1. The Kier molecular flexibility index (Phi) is 5.26. The van der Waals surface area contributed by atoms with Gasteiger partial charge in [0, 0.05) is 28.9 Å². The highest BCUT2D eigenvalue weighted by atomic mass is 32.2. The van der Waals surface area contributed by atoms with Crippen molar-refractivity contribution < 1.29 is 8.42 Å². The van der Waals surface area contributed by atoms with Gasteiger partial charge in [0.05, 0.1) is 11.8 Å². The Labute approximate surface area is 138 Å². The number of rotatable bonds is 7. The lowest BCUT2D eigenvalue weighted by Gasteiger charge is -2.26. The molecule has 0 atom stereocenters. The van der Waals surface area contributed by atoms with E-state index in [1.54, 1.807) is 0 Å². The molecule has 0 amide bonds. The predicted molar refractivity (Wildman–Crippen MR) is 96.3 cm³/mol. The second-order valence-electron chi connectivity index (χ2n) is 6.54. The Bertz CT molecular complexity index is 786. The average molecular weight is 335 g/mol. The predicted octanol–water partition coefficient (Wildman–Crippen LogP) is 2.93. The number of nitrogens with zero attached hydrogens (tertiary/aromatic N) is 1. The molecule has 0 bridgehead atoms. The van der Waals surface area contributed by atoms with E-state index < -0.39 is 15.6 Å². The first kappa shape index (κ1) is 17.7. The zero-order chi connectivity index (χ0) is 17.1. The Morgan fingerprint density at radius 3 is 2.57 bits per heavy atom. The molecule has 2 N–H and O–H groups in total. The average Bonchev–Trinajstić information content (AvgIpc) is 2.42. The first-order chi connectivity index (χ1) is 10.7. The van der Waals surface area contributed by atoms with Crippen LogP contribution < -0.4 is 10.0 Å². The molecule has 0 aliphatic carbocycles. The maximum absolute atomic E-state index is 11.5. The number of benzene rings is 1. The van der Waals surface area contributed by atoms with Crippen molar-refractivity contribution in [2.75, 3.05) is 18.1 Å². The number of anilines is 1. The van der Waals surface area contributed by atoms with Crippen LogP contribution in [0, 0.1) is 0 Å². The lowest BCUT2D eigenvalue weighted by atomic mass is 10.1. The Balaban J connectivity index is 2.28. The lowest BCUT2D eigenvalue weighted by Crippen LogP contribution is -2.47. The smallest absolute Gasteiger partial charge is 0.209 e. The molecule has 0 radical (unpaired) electrons. The summed E-state index contributed by atoms with van der Waals surface area (Å²) >= 11 is 0. The van der Waals surface area contributed by atoms with E-state index in [1.807, 2.05) is 38.1 Å². The summed E-state index contributed by atoms with van der Waals surface area (Å²) in [4.78, 5) is 4.68. The van der Waals surface area contributed by atoms with Crippen molar-refractivity contribution >= 4 is 26.6 Å². The van der Waals surface area contributed by atoms with Crippen molar-refractivity contribution in [1.82, 2.24) is 9.71 Å². The van der Waals surface area contributed by atoms with Crippen LogP contribution in [0.3, 0.4) is 0 Å². The van der Waals surface area contributed by atoms with Crippen LogP contribution in [0.4, 0.5) is 5.69 Å². The summed E-state index contributed by atoms with van der Waals surface area (Å²) in [6, 6.07) is 10.0. The standard InChI is InChI=1S/C17H25N3O2S/c1-5-8-13-11-16(14-9-6-7-10-15(14)19-13)18-12-17(2,3)20-23(4,21)22/h6-7,9-11,20H,5,8,12H2,1-4H3,(H,18,19). The van der Waals surface area contributed by atoms with Crippen LogP contribution in [-0.4, -0.2) is 31.7 Å². The summed E-state index contributed by atoms with van der Waals surface area (Å²) in [6.07, 6.45) is 3.13. The van der Waals surface area contributed by atoms with Gasteiger partial charge < -0.3 is 5.32 Å². The third-order valence-electron chi connectivity index (χ3n) is 3.46. The molecule has 6 heteroatoms. The second-order valence-corrected chi connectivity index (χ2v) is 8.29. The molecule has 0 aliphatic rings. The molecule has 5 nitrogen and oxygen atoms in total. The highest BCUT2D eigenvalue weighted by molar-refractivity contribution is 7.88. The fourth-order valence-electron chi connectivity index (χ4n) is 2.61. The molecular formula is C17H25N3O2S. The first-order valence-corrected chi connectivity index (χ1v) is 9.71. The molecule has 1 heterocycles. The van der Waals surface area contributed by atoms with Crippen LogP contribution >= 0.6 is 0 Å². The Morgan fingerprint density at radius 1 is 1.22 bits per heavy atom. The monoisotopic (exact) mass is 335 g/mol. The summed E-state index contributed by atoms with van der Waals surface area (Å²) in [6.45, 7) is 6.33. The number of aryl methyl sites for hydroxylation is 1. The van der Waals surface area contributed by atoms with Gasteiger partial charge in [-0.15, -0.1) is 0 Å². The fraction of sp³-hybridized carbons (Fsp3) is 0.471. The number of hydrogen-bond donors (Lipinski definition) is 2. The van der Waals surface area contributed by atoms with Gasteiger partial charge in [0.2, 0.25) is 10.0 Å². The third kappa shape index (κ3) is 5.18. The molecule has 1 aromatic carbocycles. The van der Waals surface area contributed by atoms with E-state index in [0.29, 0.717) is 6.54 Å². The molecule has 126 valence electrons. The third-order valence-corrected chi connectivity index (χ3v) is 4.38. The maximum atomic E-state index is 11.5. The molecule has 0 spiro atoms. The summed E-state index contributed by atoms with van der Waals surface area (Å²) in [5.74, 6) is 0. The molecule has 2 aromatic rings. The number of pyridine rings is 1. The van der Waals surface area contributed by atoms with Gasteiger partial charge in [-0.2, -0.15) is 0 Å². The Hall–Kier alpha value is -1.66. The van der Waals surface area contributed by atoms with Gasteiger partial charge >= 0.3 is 0 Å². The van der Waals surface area contributed by atoms with E-state index in [4.69, 9.17) is 0 Å². The molecule has 0 unspecified atom stereocenters. The normalized spacial score (nSPS) is 12.5. The molecular weight excluding hydrogens is 310 g/mol. The van der Waals surface area contributed by atoms with Crippen molar-refractivity contribution in [1.29, 1.82) is 0 Å². The van der Waals surface area contributed by atoms with Crippen molar-refractivity contribution in [3.05, 3.63) is 36.0 Å². The van der Waals surface area contributed by atoms with Crippen LogP contribution in [0.2, 0.25) is 0 Å². The highest BCUT2D eigenvalue weighted by Crippen LogP contribution is 2.24. The van der Waals surface area contributed by atoms with E-state index in [9.17, 15) is 8.42 Å². The van der Waals surface area contributed by atoms with Gasteiger partial charge in [-0.3, -0.25) is 4.98 Å². The molecule has 0 saturated heterocycles. The van der Waals surface area contributed by atoms with Crippen LogP contribution in [0.15, 0.2) is 30.3 Å². The minimum Gasteiger partial charge on any atom is -0.383 e. The van der Waals surface area contributed by atoms with E-state index in [2.05, 4.69) is 28.0 Å². The zero-order valence-electron chi connectivity index (χ0n) is 14.2. The summed E-state index contributed by atoms with van der Waals surface area (Å²) in [5.41, 5.74) is 2.41. The van der Waals surface area contributed by atoms with Gasteiger partial charge in [0.25, 0.3) is 0 Å². The van der Waals surface area contributed by atoms with Crippen molar-refractivity contribution in [3.63, 3.8) is 0 Å². The summed E-state index contributed by atoms with van der Waals surface area (Å²) in [7, 11) is -3.25. The van der Waals surface area contributed by atoms with Crippen LogP contribution in [0.1, 0.15) is 32.9 Å². The van der Waals surface area contributed by atoms with Crippen molar-refractivity contribution in [2.45, 2.75) is 39.2 Å². The van der Waals surface area contributed by atoms with Crippen molar-refractivity contribution in [3.8, 4) is 0 Å². The molecule has 0 fully saturated rings. The minimum absolute atomic E-state index is 0.486. The first-order valence-electron chi connectivity index (χ1n) is 7.82. The minimum atomic E-state index is -3.25. The SMILES string of the molecule is CCCc1cc(NCC(C)(C)NS(C)(=O)=O)c2ccccc2n1. The molecule has 0 aliphatic heterocycles. The van der Waals surface area contributed by atoms with E-state index in [-0.39, 0.29) is 0 Å². The van der Waals surface area contributed by atoms with Gasteiger partial charge in [0.15, 0.2) is 0 Å². The zero-order valence-corrected chi connectivity index (χ0v) is 15.0. The number of aromatic nitrogens is 1. The van der Waals surface area contributed by atoms with E-state index >= 15 is 0 Å². The van der Waals surface area contributed by atoms with Crippen molar-refractivity contribution in [2.24, 2.45) is 0 Å². The van der Waals surface area contributed by atoms with Gasteiger partial charge in [-0.05, 0) is 32.4 Å². The van der Waals surface area contributed by atoms with Crippen LogP contribution in [-0.2, 0) is 16.4 Å². The van der Waals surface area contributed by atoms with Gasteiger partial charge in [-0.25, -0.2) is 13.1 Å². The quantitative estimate of drug-likeness (QED) is 0.816. The molecule has 23 heavy (non-hydrogen) atoms. The molecule has 2 rings (SSSR count). The maximum Gasteiger partial charge on any atom is 0.209 e. The van der Waals surface area contributed by atoms with Gasteiger partial charge in [0.1, 0.15) is 0 Å². The highest BCUT2D eigenvalue weighted by Gasteiger charge is 2.22. The lowest BCUT2D eigenvalue weighted by molar-refractivity contribution is 0.476. The second kappa shape index (κ2) is 6.84. The summed E-state index contributed by atoms with van der Waals surface area (Å²) in [5, 5.41) is 4.43. The molecule has 0 saturated carbocycles. The number of nitrogens with one attached hydrogen (secondary N) is 2. The number of fused-ring (bicyclic) bond motifs is 1. The molecule has 1 aromatic heterocycles. The van der Waals surface area contributed by atoms with E-state index in [1.165, 1.54) is 6.26 Å². The van der Waals surface area contributed by atoms with Crippen LogP contribution in [0.25, 0.3) is 10.9 Å². The summed E-state index contributed by atoms with van der Waals surface area (Å²) < 4.78 is 25.6. The largest absolute Gasteiger partial charge is 0.383 e. The van der Waals surface area contributed by atoms with Gasteiger partial charge in [-0.1, -0.05) is 31.5 Å². The fourth-order valence-corrected chi connectivity index (χ4v) is 3.69. The number of para-hydroxylation sites is 1. The Morgan fingerprint density at radius 2 is 1.91 bits per heavy atom. The van der Waals surface area contributed by atoms with E-state index in [0.717, 1.165) is 35.1 Å². The van der Waals surface area contributed by atoms with Crippen LogP contribution in [0.5, 0.6) is 0 Å². The topological polar surface area (TPSA) is 71.1 Å².